The van der Waals surface area contributed by atoms with E-state index in [1.54, 1.807) is 58.9 Å². The van der Waals surface area contributed by atoms with Crippen LogP contribution in [0.2, 0.25) is 0 Å². The molecule has 2 bridgehead atoms. The van der Waals surface area contributed by atoms with Crippen molar-refractivity contribution in [3.63, 3.8) is 0 Å². The Morgan fingerprint density at radius 2 is 1.47 bits per heavy atom. The van der Waals surface area contributed by atoms with Gasteiger partial charge in [-0.1, -0.05) is 91.6 Å². The highest BCUT2D eigenvalue weighted by Gasteiger charge is 2.47. The molecule has 0 unspecified atom stereocenters. The van der Waals surface area contributed by atoms with E-state index in [9.17, 15) is 38.7 Å². The third-order valence-corrected chi connectivity index (χ3v) is 10.9. The first-order valence-electron chi connectivity index (χ1n) is 19.7. The normalized spacial score (nSPS) is 28.9. The van der Waals surface area contributed by atoms with Gasteiger partial charge in [0.2, 0.25) is 35.4 Å². The molecule has 0 aliphatic carbocycles. The van der Waals surface area contributed by atoms with Gasteiger partial charge < -0.3 is 40.9 Å². The number of nitrogens with zero attached hydrogens (tertiary/aromatic N) is 2. The predicted molar refractivity (Wildman–Crippen MR) is 205 cm³/mol. The molecule has 2 heterocycles. The van der Waals surface area contributed by atoms with Crippen LogP contribution in [0.3, 0.4) is 0 Å². The number of hydrogen-bond acceptors (Lipinski definition) is 9. The quantitative estimate of drug-likeness (QED) is 0.220. The molecule has 0 radical (unpaired) electrons. The van der Waals surface area contributed by atoms with Gasteiger partial charge in [-0.3, -0.25) is 28.8 Å². The number of carbonyl (C=O) groups excluding carboxylic acids is 7. The summed E-state index contributed by atoms with van der Waals surface area (Å²) < 4.78 is 5.81. The van der Waals surface area contributed by atoms with Crippen molar-refractivity contribution in [1.82, 2.24) is 31.1 Å². The molecular formula is C40H62N6O9. The summed E-state index contributed by atoms with van der Waals surface area (Å²) in [5.41, 5.74) is 0.725. The molecule has 15 nitrogen and oxygen atoms in total. The van der Waals surface area contributed by atoms with Crippen LogP contribution in [0, 0.1) is 17.8 Å². The molecule has 15 heteroatoms. The molecule has 3 rings (SSSR count). The van der Waals surface area contributed by atoms with Crippen LogP contribution in [0.1, 0.15) is 99.5 Å². The maximum absolute atomic E-state index is 14.7. The van der Waals surface area contributed by atoms with Gasteiger partial charge in [-0.2, -0.15) is 0 Å². The van der Waals surface area contributed by atoms with Gasteiger partial charge in [0, 0.05) is 19.9 Å². The molecule has 0 spiro atoms. The lowest BCUT2D eigenvalue weighted by atomic mass is 9.90. The summed E-state index contributed by atoms with van der Waals surface area (Å²) >= 11 is 0. The molecule has 1 aromatic rings. The third-order valence-electron chi connectivity index (χ3n) is 10.9. The van der Waals surface area contributed by atoms with Gasteiger partial charge in [-0.25, -0.2) is 4.79 Å². The molecule has 10 atom stereocenters. The van der Waals surface area contributed by atoms with Crippen molar-refractivity contribution >= 4 is 41.4 Å². The van der Waals surface area contributed by atoms with Crippen LogP contribution in [-0.2, 0) is 44.7 Å². The van der Waals surface area contributed by atoms with Crippen molar-refractivity contribution in [3.8, 4) is 0 Å². The van der Waals surface area contributed by atoms with Crippen molar-refractivity contribution in [1.29, 1.82) is 0 Å². The Hall–Kier alpha value is -4.53. The third kappa shape index (κ3) is 11.3. The number of likely N-dealkylation sites (N-methyl/N-ethyl adjacent to an activating group) is 1. The first-order chi connectivity index (χ1) is 26.0. The Bertz CT molecular complexity index is 1520. The summed E-state index contributed by atoms with van der Waals surface area (Å²) in [6.07, 6.45) is -0.975. The number of amides is 6. The van der Waals surface area contributed by atoms with E-state index in [1.807, 2.05) is 19.9 Å². The van der Waals surface area contributed by atoms with E-state index in [-0.39, 0.29) is 25.7 Å². The number of rotatable bonds is 10. The van der Waals surface area contributed by atoms with Crippen molar-refractivity contribution in [2.75, 3.05) is 7.05 Å². The Morgan fingerprint density at radius 3 is 2.05 bits per heavy atom. The fourth-order valence-corrected chi connectivity index (χ4v) is 6.97. The zero-order valence-electron chi connectivity index (χ0n) is 33.8. The van der Waals surface area contributed by atoms with Crippen LogP contribution in [-0.4, -0.2) is 112 Å². The average Bonchev–Trinajstić information content (AvgIpc) is 3.15. The zero-order valence-corrected chi connectivity index (χ0v) is 33.8. The second-order valence-electron chi connectivity index (χ2n) is 15.4. The molecule has 2 aliphatic rings. The molecule has 5 N–H and O–H groups in total. The maximum atomic E-state index is 14.7. The highest BCUT2D eigenvalue weighted by molar-refractivity contribution is 5.98. The summed E-state index contributed by atoms with van der Waals surface area (Å²) in [6, 6.07) is 1.68. The molecule has 2 aliphatic heterocycles. The van der Waals surface area contributed by atoms with Gasteiger partial charge >= 0.3 is 5.97 Å². The Labute approximate surface area is 325 Å². The van der Waals surface area contributed by atoms with Crippen molar-refractivity contribution < 1.29 is 43.4 Å². The van der Waals surface area contributed by atoms with E-state index < -0.39 is 108 Å². The molecule has 0 saturated carbocycles. The lowest BCUT2D eigenvalue weighted by molar-refractivity contribution is -0.168. The van der Waals surface area contributed by atoms with E-state index in [4.69, 9.17) is 4.74 Å². The lowest BCUT2D eigenvalue weighted by Crippen LogP contribution is -2.66. The van der Waals surface area contributed by atoms with E-state index in [1.165, 1.54) is 18.9 Å². The molecular weight excluding hydrogens is 708 g/mol. The highest BCUT2D eigenvalue weighted by atomic mass is 16.5. The fourth-order valence-electron chi connectivity index (χ4n) is 6.97. The van der Waals surface area contributed by atoms with Gasteiger partial charge in [0.05, 0.1) is 0 Å². The molecule has 306 valence electrons. The average molecular weight is 771 g/mol. The van der Waals surface area contributed by atoms with E-state index in [0.29, 0.717) is 19.3 Å². The van der Waals surface area contributed by atoms with Crippen LogP contribution in [0.5, 0.6) is 0 Å². The van der Waals surface area contributed by atoms with Gasteiger partial charge in [-0.05, 0) is 49.5 Å². The lowest BCUT2D eigenvalue weighted by Gasteiger charge is -2.44. The number of benzene rings is 1. The van der Waals surface area contributed by atoms with Gasteiger partial charge in [0.1, 0.15) is 48.6 Å². The minimum Gasteiger partial charge on any atom is -0.458 e. The molecule has 55 heavy (non-hydrogen) atoms. The number of fused-ring (bicyclic) bond motifs is 2. The smallest absolute Gasteiger partial charge is 0.329 e. The van der Waals surface area contributed by atoms with Crippen LogP contribution in [0.15, 0.2) is 30.3 Å². The molecule has 0 aromatic heterocycles. The largest absolute Gasteiger partial charge is 0.458 e. The number of aliphatic hydroxyl groups is 1. The first kappa shape index (κ1) is 44.9. The highest BCUT2D eigenvalue weighted by Crippen LogP contribution is 2.28. The fraction of sp³-hybridized carbons (Fsp3) is 0.675. The Balaban J connectivity index is 2.22. The zero-order chi connectivity index (χ0) is 41.1. The second-order valence-corrected chi connectivity index (χ2v) is 15.4. The number of cyclic esters (lactones) is 1. The Kier molecular flexibility index (Phi) is 16.6. The minimum atomic E-state index is -1.42. The van der Waals surface area contributed by atoms with Crippen LogP contribution < -0.4 is 21.3 Å². The van der Waals surface area contributed by atoms with Gasteiger partial charge in [0.15, 0.2) is 0 Å². The van der Waals surface area contributed by atoms with Gasteiger partial charge in [0.25, 0.3) is 0 Å². The Morgan fingerprint density at radius 1 is 0.855 bits per heavy atom. The summed E-state index contributed by atoms with van der Waals surface area (Å²) in [7, 11) is 1.45. The molecule has 1 aromatic carbocycles. The summed E-state index contributed by atoms with van der Waals surface area (Å²) in [6.45, 7) is 13.8. The number of piperidine rings is 1. The van der Waals surface area contributed by atoms with E-state index in [2.05, 4.69) is 21.3 Å². The van der Waals surface area contributed by atoms with Gasteiger partial charge in [-0.15, -0.1) is 0 Å². The predicted octanol–water partition coefficient (Wildman–Crippen LogP) is 1.80. The topological polar surface area (TPSA) is 204 Å². The number of nitrogens with one attached hydrogen (secondary N) is 4. The van der Waals surface area contributed by atoms with Crippen molar-refractivity contribution in [2.24, 2.45) is 17.8 Å². The summed E-state index contributed by atoms with van der Waals surface area (Å²) in [4.78, 5) is 100. The van der Waals surface area contributed by atoms with Crippen LogP contribution >= 0.6 is 0 Å². The number of carbonyl (C=O) groups is 7. The molecule has 6 amide bonds. The maximum Gasteiger partial charge on any atom is 0.329 e. The minimum absolute atomic E-state index is 0.0491. The number of ether oxygens (including phenoxy) is 1. The van der Waals surface area contributed by atoms with Crippen molar-refractivity contribution in [2.45, 2.75) is 149 Å². The van der Waals surface area contributed by atoms with Crippen LogP contribution in [0.4, 0.5) is 0 Å². The van der Waals surface area contributed by atoms with Crippen molar-refractivity contribution in [3.05, 3.63) is 35.9 Å². The second kappa shape index (κ2) is 20.4. The molecule has 2 fully saturated rings. The number of hydrogen-bond donors (Lipinski definition) is 5. The molecule has 2 saturated heterocycles. The first-order valence-corrected chi connectivity index (χ1v) is 19.7. The number of esters is 1. The summed E-state index contributed by atoms with van der Waals surface area (Å²) in [5.74, 6) is -6.16. The van der Waals surface area contributed by atoms with Crippen LogP contribution in [0.25, 0.3) is 0 Å². The van der Waals surface area contributed by atoms with E-state index >= 15 is 0 Å². The SMILES string of the molecule is CCCC(=O)N[C@@H]1C(=O)N[C@@H]([C@H](C)CC)C(=O)N[C@H]2CC[C@@H](O)N(C2=O)[C@@H]([C@@H](C)CC)C(=O)N(C)[C@@H](Cc2ccccc2)C(=O)N[C@@H](C(C)C)C(=O)O[C@@H]1C. The standard InChI is InChI=1S/C40H62N6O9/c1-10-16-29(47)42-33-25(8)55-40(54)31(22(4)5)43-35(49)28(21-26-17-14-13-15-18-26)45(9)39(53)34(24(7)12-3)46-30(48)20-19-27(38(46)52)41-36(50)32(23(6)11-2)44-37(33)51/h13-15,17-18,22-25,27-28,30-34,48H,10-12,16,19-21H2,1-9H3,(H,41,50)(H,42,47)(H,43,49)(H,44,51)/t23-,24+,25-,27+,28+,30-,31+,32+,33+,34+/m1/s1. The monoisotopic (exact) mass is 770 g/mol. The van der Waals surface area contributed by atoms with E-state index in [0.717, 1.165) is 10.5 Å². The summed E-state index contributed by atoms with van der Waals surface area (Å²) in [5, 5.41) is 22.2. The number of aliphatic hydroxyl groups excluding tert-OH is 1.